The molecule has 1 aliphatic carbocycles. The zero-order valence-electron chi connectivity index (χ0n) is 11.0. The lowest BCUT2D eigenvalue weighted by Crippen LogP contribution is -2.41. The molecule has 2 aliphatic rings. The van der Waals surface area contributed by atoms with Gasteiger partial charge >= 0.3 is 0 Å². The summed E-state index contributed by atoms with van der Waals surface area (Å²) in [5.74, 6) is -1.02. The van der Waals surface area contributed by atoms with Crippen LogP contribution in [0, 0.1) is 11.6 Å². The maximum Gasteiger partial charge on any atom is 0.126 e. The van der Waals surface area contributed by atoms with Crippen LogP contribution in [0.4, 0.5) is 8.78 Å². The van der Waals surface area contributed by atoms with E-state index in [2.05, 4.69) is 4.90 Å². The first-order valence-corrected chi connectivity index (χ1v) is 7.12. The molecule has 19 heavy (non-hydrogen) atoms. The molecule has 2 nitrogen and oxygen atoms in total. The molecule has 2 fully saturated rings. The lowest BCUT2D eigenvalue weighted by molar-refractivity contribution is 0.175. The van der Waals surface area contributed by atoms with Gasteiger partial charge in [-0.1, -0.05) is 6.42 Å². The van der Waals surface area contributed by atoms with Gasteiger partial charge in [-0.2, -0.15) is 0 Å². The highest BCUT2D eigenvalue weighted by Crippen LogP contribution is 2.38. The average molecular weight is 266 g/mol. The Morgan fingerprint density at radius 3 is 2.32 bits per heavy atom. The largest absolute Gasteiger partial charge is 0.326 e. The van der Waals surface area contributed by atoms with Crippen LogP contribution in [-0.2, 0) is 0 Å². The molecule has 2 N–H and O–H groups in total. The van der Waals surface area contributed by atoms with Gasteiger partial charge in [0.05, 0.1) is 6.04 Å². The van der Waals surface area contributed by atoms with Crippen LogP contribution in [0.25, 0.3) is 0 Å². The lowest BCUT2D eigenvalue weighted by atomic mass is 9.96. The second kappa shape index (κ2) is 5.17. The summed E-state index contributed by atoms with van der Waals surface area (Å²) in [6.45, 7) is 0.987. The molecule has 1 saturated carbocycles. The predicted octanol–water partition coefficient (Wildman–Crippen LogP) is 2.98. The number of nitrogens with zero attached hydrogens (tertiary/aromatic N) is 1. The van der Waals surface area contributed by atoms with Gasteiger partial charge in [0.1, 0.15) is 11.6 Å². The first kappa shape index (κ1) is 13.0. The van der Waals surface area contributed by atoms with Crippen molar-refractivity contribution in [3.63, 3.8) is 0 Å². The van der Waals surface area contributed by atoms with Gasteiger partial charge in [-0.05, 0) is 49.9 Å². The van der Waals surface area contributed by atoms with Crippen LogP contribution in [0.15, 0.2) is 18.2 Å². The highest BCUT2D eigenvalue weighted by atomic mass is 19.1. The zero-order valence-corrected chi connectivity index (χ0v) is 11.0. The van der Waals surface area contributed by atoms with Gasteiger partial charge in [0.25, 0.3) is 0 Å². The molecule has 3 rings (SSSR count). The van der Waals surface area contributed by atoms with Gasteiger partial charge in [0.15, 0.2) is 0 Å². The smallest absolute Gasteiger partial charge is 0.126 e. The van der Waals surface area contributed by atoms with E-state index in [1.165, 1.54) is 25.0 Å². The molecule has 2 atom stereocenters. The van der Waals surface area contributed by atoms with Crippen molar-refractivity contribution in [1.82, 2.24) is 4.90 Å². The lowest BCUT2D eigenvalue weighted by Gasteiger charge is -2.34. The zero-order chi connectivity index (χ0) is 13.4. The first-order valence-electron chi connectivity index (χ1n) is 7.12. The van der Waals surface area contributed by atoms with Crippen molar-refractivity contribution in [2.24, 2.45) is 5.73 Å². The third-order valence-corrected chi connectivity index (χ3v) is 4.21. The van der Waals surface area contributed by atoms with Crippen molar-refractivity contribution in [3.8, 4) is 0 Å². The molecule has 1 aromatic rings. The summed E-state index contributed by atoms with van der Waals surface area (Å²) in [6.07, 6.45) is 5.51. The Morgan fingerprint density at radius 1 is 1.00 bits per heavy atom. The Kier molecular flexibility index (Phi) is 3.54. The summed E-state index contributed by atoms with van der Waals surface area (Å²) < 4.78 is 26.9. The molecule has 1 aromatic carbocycles. The van der Waals surface area contributed by atoms with Crippen LogP contribution in [0.2, 0.25) is 0 Å². The number of halogens is 2. The van der Waals surface area contributed by atoms with E-state index in [1.54, 1.807) is 0 Å². The van der Waals surface area contributed by atoms with Crippen LogP contribution < -0.4 is 5.73 Å². The minimum Gasteiger partial charge on any atom is -0.326 e. The minimum atomic E-state index is -0.512. The first-order chi connectivity index (χ1) is 9.15. The van der Waals surface area contributed by atoms with Crippen LogP contribution in [0.3, 0.4) is 0 Å². The van der Waals surface area contributed by atoms with Gasteiger partial charge in [0, 0.05) is 18.2 Å². The Balaban J connectivity index is 1.96. The number of rotatable bonds is 2. The molecule has 0 spiro atoms. The van der Waals surface area contributed by atoms with Crippen LogP contribution in [-0.4, -0.2) is 23.5 Å². The summed E-state index contributed by atoms with van der Waals surface area (Å²) in [5, 5.41) is 0. The molecular formula is C15H20F2N2. The van der Waals surface area contributed by atoms with E-state index in [9.17, 15) is 8.78 Å². The van der Waals surface area contributed by atoms with E-state index < -0.39 is 11.6 Å². The second-order valence-electron chi connectivity index (χ2n) is 5.78. The summed E-state index contributed by atoms with van der Waals surface area (Å²) in [5.41, 5.74) is 6.97. The summed E-state index contributed by atoms with van der Waals surface area (Å²) >= 11 is 0. The Labute approximate surface area is 112 Å². The minimum absolute atomic E-state index is 0.0377. The van der Waals surface area contributed by atoms with Crippen molar-refractivity contribution in [3.05, 3.63) is 35.4 Å². The maximum atomic E-state index is 13.5. The standard InChI is InChI=1S/C15H20F2N2/c16-11-7-10(8-12(17)9-11)15-14(18)3-1-2-6-19(15)13-4-5-13/h7-9,13-15H,1-6,18H2. The molecule has 0 amide bonds. The van der Waals surface area contributed by atoms with E-state index in [-0.39, 0.29) is 12.1 Å². The molecule has 1 heterocycles. The van der Waals surface area contributed by atoms with Crippen molar-refractivity contribution in [2.45, 2.75) is 50.2 Å². The number of nitrogens with two attached hydrogens (primary N) is 1. The van der Waals surface area contributed by atoms with Crippen molar-refractivity contribution in [1.29, 1.82) is 0 Å². The summed E-state index contributed by atoms with van der Waals surface area (Å²) in [6, 6.07) is 4.28. The van der Waals surface area contributed by atoms with Crippen molar-refractivity contribution in [2.75, 3.05) is 6.54 Å². The van der Waals surface area contributed by atoms with E-state index in [1.807, 2.05) is 0 Å². The molecule has 2 unspecified atom stereocenters. The van der Waals surface area contributed by atoms with Crippen LogP contribution >= 0.6 is 0 Å². The van der Waals surface area contributed by atoms with Crippen LogP contribution in [0.5, 0.6) is 0 Å². The molecule has 1 saturated heterocycles. The number of benzene rings is 1. The molecule has 0 aromatic heterocycles. The average Bonchev–Trinajstić information content (AvgIpc) is 3.13. The van der Waals surface area contributed by atoms with E-state index in [0.29, 0.717) is 11.6 Å². The molecule has 0 bridgehead atoms. The van der Waals surface area contributed by atoms with Gasteiger partial charge in [0.2, 0.25) is 0 Å². The van der Waals surface area contributed by atoms with Crippen molar-refractivity contribution >= 4 is 0 Å². The highest BCUT2D eigenvalue weighted by molar-refractivity contribution is 5.24. The number of hydrogen-bond donors (Lipinski definition) is 1. The number of likely N-dealkylation sites (tertiary alicyclic amines) is 1. The topological polar surface area (TPSA) is 29.3 Å². The van der Waals surface area contributed by atoms with Gasteiger partial charge < -0.3 is 5.73 Å². The second-order valence-corrected chi connectivity index (χ2v) is 5.78. The van der Waals surface area contributed by atoms with Gasteiger partial charge in [-0.3, -0.25) is 4.90 Å². The molecule has 4 heteroatoms. The maximum absolute atomic E-state index is 13.5. The van der Waals surface area contributed by atoms with Gasteiger partial charge in [-0.15, -0.1) is 0 Å². The summed E-state index contributed by atoms with van der Waals surface area (Å²) in [4.78, 5) is 2.37. The van der Waals surface area contributed by atoms with E-state index >= 15 is 0 Å². The highest BCUT2D eigenvalue weighted by Gasteiger charge is 2.38. The molecule has 1 aliphatic heterocycles. The third-order valence-electron chi connectivity index (χ3n) is 4.21. The van der Waals surface area contributed by atoms with E-state index in [4.69, 9.17) is 5.73 Å². The van der Waals surface area contributed by atoms with Crippen LogP contribution in [0.1, 0.15) is 43.7 Å². The number of hydrogen-bond acceptors (Lipinski definition) is 2. The van der Waals surface area contributed by atoms with Crippen molar-refractivity contribution < 1.29 is 8.78 Å². The quantitative estimate of drug-likeness (QED) is 0.891. The normalized spacial score (nSPS) is 29.2. The fourth-order valence-corrected chi connectivity index (χ4v) is 3.22. The molecule has 0 radical (unpaired) electrons. The fourth-order valence-electron chi connectivity index (χ4n) is 3.22. The Bertz CT molecular complexity index is 439. The SMILES string of the molecule is NC1CCCCN(C2CC2)C1c1cc(F)cc(F)c1. The molecular weight excluding hydrogens is 246 g/mol. The monoisotopic (exact) mass is 266 g/mol. The fraction of sp³-hybridized carbons (Fsp3) is 0.600. The molecule has 104 valence electrons. The Morgan fingerprint density at radius 2 is 1.68 bits per heavy atom. The van der Waals surface area contributed by atoms with E-state index in [0.717, 1.165) is 31.9 Å². The predicted molar refractivity (Wildman–Crippen MR) is 70.7 cm³/mol. The Hall–Kier alpha value is -1.00. The summed E-state index contributed by atoms with van der Waals surface area (Å²) in [7, 11) is 0. The van der Waals surface area contributed by atoms with Gasteiger partial charge in [-0.25, -0.2) is 8.78 Å². The third kappa shape index (κ3) is 2.79.